The summed E-state index contributed by atoms with van der Waals surface area (Å²) >= 11 is 0. The second-order valence-electron chi connectivity index (χ2n) is 5.21. The van der Waals surface area contributed by atoms with Gasteiger partial charge in [0.15, 0.2) is 0 Å². The van der Waals surface area contributed by atoms with Gasteiger partial charge in [-0.2, -0.15) is 0 Å². The van der Waals surface area contributed by atoms with Gasteiger partial charge in [-0.05, 0) is 55.7 Å². The highest BCUT2D eigenvalue weighted by Gasteiger charge is 2.37. The van der Waals surface area contributed by atoms with Gasteiger partial charge in [0, 0.05) is 0 Å². The SMILES string of the molecule is Cc1cc2c(cc1C)C(=O)N(c1ccccc1C)C2=O. The number of benzene rings is 2. The summed E-state index contributed by atoms with van der Waals surface area (Å²) in [6.45, 7) is 5.79. The molecule has 0 aromatic heterocycles. The molecular formula is C17H15NO2. The number of anilines is 1. The first-order chi connectivity index (χ1) is 9.50. The highest BCUT2D eigenvalue weighted by Crippen LogP contribution is 2.31. The monoisotopic (exact) mass is 265 g/mol. The largest absolute Gasteiger partial charge is 0.268 e. The molecule has 3 heteroatoms. The molecule has 0 aliphatic carbocycles. The molecule has 0 saturated heterocycles. The number of carbonyl (C=O) groups excluding carboxylic acids is 2. The maximum absolute atomic E-state index is 12.5. The van der Waals surface area contributed by atoms with Crippen LogP contribution in [0.5, 0.6) is 0 Å². The van der Waals surface area contributed by atoms with Gasteiger partial charge in [0.2, 0.25) is 0 Å². The number of carbonyl (C=O) groups is 2. The number of imide groups is 1. The van der Waals surface area contributed by atoms with Crippen LogP contribution in [-0.2, 0) is 0 Å². The van der Waals surface area contributed by atoms with Crippen molar-refractivity contribution >= 4 is 17.5 Å². The molecule has 2 amide bonds. The van der Waals surface area contributed by atoms with E-state index >= 15 is 0 Å². The number of para-hydroxylation sites is 1. The highest BCUT2D eigenvalue weighted by atomic mass is 16.2. The molecular weight excluding hydrogens is 250 g/mol. The van der Waals surface area contributed by atoms with E-state index in [9.17, 15) is 9.59 Å². The van der Waals surface area contributed by atoms with Crippen LogP contribution in [0, 0.1) is 20.8 Å². The van der Waals surface area contributed by atoms with Crippen LogP contribution in [0.15, 0.2) is 36.4 Å². The van der Waals surface area contributed by atoms with Gasteiger partial charge in [-0.25, -0.2) is 4.90 Å². The smallest absolute Gasteiger partial charge is 0.266 e. The summed E-state index contributed by atoms with van der Waals surface area (Å²) in [5.74, 6) is -0.468. The van der Waals surface area contributed by atoms with Crippen LogP contribution >= 0.6 is 0 Å². The Bertz CT molecular complexity index is 706. The summed E-state index contributed by atoms with van der Waals surface area (Å²) in [4.78, 5) is 26.3. The molecule has 0 fully saturated rings. The Balaban J connectivity index is 2.17. The van der Waals surface area contributed by atoms with Crippen molar-refractivity contribution in [3.8, 4) is 0 Å². The van der Waals surface area contributed by atoms with E-state index < -0.39 is 0 Å². The topological polar surface area (TPSA) is 37.4 Å². The molecule has 0 bridgehead atoms. The first-order valence-corrected chi connectivity index (χ1v) is 6.56. The van der Waals surface area contributed by atoms with Crippen molar-refractivity contribution in [1.29, 1.82) is 0 Å². The van der Waals surface area contributed by atoms with E-state index in [0.717, 1.165) is 16.7 Å². The number of rotatable bonds is 1. The maximum Gasteiger partial charge on any atom is 0.266 e. The van der Waals surface area contributed by atoms with Crippen LogP contribution in [0.4, 0.5) is 5.69 Å². The number of hydrogen-bond acceptors (Lipinski definition) is 2. The Kier molecular flexibility index (Phi) is 2.71. The molecule has 0 saturated carbocycles. The Labute approximate surface area is 117 Å². The minimum absolute atomic E-state index is 0.234. The molecule has 0 N–H and O–H groups in total. The first kappa shape index (κ1) is 12.6. The zero-order chi connectivity index (χ0) is 14.4. The second kappa shape index (κ2) is 4.30. The fourth-order valence-corrected chi connectivity index (χ4v) is 2.54. The van der Waals surface area contributed by atoms with Gasteiger partial charge < -0.3 is 0 Å². The standard InChI is InChI=1S/C17H15NO2/c1-10-6-4-5-7-15(10)18-16(19)13-8-11(2)12(3)9-14(13)17(18)20/h4-9H,1-3H3. The lowest BCUT2D eigenvalue weighted by molar-refractivity contribution is 0.0926. The predicted octanol–water partition coefficient (Wildman–Crippen LogP) is 3.41. The number of amides is 2. The van der Waals surface area contributed by atoms with Crippen molar-refractivity contribution in [3.63, 3.8) is 0 Å². The van der Waals surface area contributed by atoms with Crippen molar-refractivity contribution in [2.45, 2.75) is 20.8 Å². The zero-order valence-electron chi connectivity index (χ0n) is 11.7. The molecule has 0 spiro atoms. The average Bonchev–Trinajstić information content (AvgIpc) is 2.64. The van der Waals surface area contributed by atoms with Crippen LogP contribution < -0.4 is 4.90 Å². The van der Waals surface area contributed by atoms with Crippen molar-refractivity contribution < 1.29 is 9.59 Å². The normalized spacial score (nSPS) is 13.8. The minimum Gasteiger partial charge on any atom is -0.268 e. The Hall–Kier alpha value is -2.42. The predicted molar refractivity (Wildman–Crippen MR) is 78.2 cm³/mol. The summed E-state index contributed by atoms with van der Waals surface area (Å²) < 4.78 is 0. The van der Waals surface area contributed by atoms with Gasteiger partial charge in [0.25, 0.3) is 11.8 Å². The fourth-order valence-electron chi connectivity index (χ4n) is 2.54. The molecule has 1 heterocycles. The van der Waals surface area contributed by atoms with Gasteiger partial charge >= 0.3 is 0 Å². The van der Waals surface area contributed by atoms with Crippen molar-refractivity contribution in [3.05, 3.63) is 64.2 Å². The van der Waals surface area contributed by atoms with Crippen LogP contribution in [0.2, 0.25) is 0 Å². The third kappa shape index (κ3) is 1.67. The molecule has 0 radical (unpaired) electrons. The quantitative estimate of drug-likeness (QED) is 0.741. The lowest BCUT2D eigenvalue weighted by Gasteiger charge is -2.16. The summed E-state index contributed by atoms with van der Waals surface area (Å²) in [6.07, 6.45) is 0. The first-order valence-electron chi connectivity index (χ1n) is 6.56. The molecule has 3 nitrogen and oxygen atoms in total. The highest BCUT2D eigenvalue weighted by molar-refractivity contribution is 6.34. The van der Waals surface area contributed by atoms with Crippen molar-refractivity contribution in [2.75, 3.05) is 4.90 Å². The lowest BCUT2D eigenvalue weighted by Crippen LogP contribution is -2.29. The van der Waals surface area contributed by atoms with Crippen LogP contribution in [0.3, 0.4) is 0 Å². The lowest BCUT2D eigenvalue weighted by atomic mass is 10.0. The maximum atomic E-state index is 12.5. The second-order valence-corrected chi connectivity index (χ2v) is 5.21. The van der Waals surface area contributed by atoms with Crippen LogP contribution in [0.1, 0.15) is 37.4 Å². The van der Waals surface area contributed by atoms with Crippen LogP contribution in [-0.4, -0.2) is 11.8 Å². The Morgan fingerprint density at radius 1 is 0.750 bits per heavy atom. The summed E-state index contributed by atoms with van der Waals surface area (Å²) in [5.41, 5.74) is 4.63. The van der Waals surface area contributed by atoms with E-state index in [2.05, 4.69) is 0 Å². The number of hydrogen-bond donors (Lipinski definition) is 0. The van der Waals surface area contributed by atoms with Crippen molar-refractivity contribution in [1.82, 2.24) is 0 Å². The molecule has 0 atom stereocenters. The number of fused-ring (bicyclic) bond motifs is 1. The summed E-state index contributed by atoms with van der Waals surface area (Å²) in [6, 6.07) is 11.0. The van der Waals surface area contributed by atoms with Crippen molar-refractivity contribution in [2.24, 2.45) is 0 Å². The molecule has 3 rings (SSSR count). The van der Waals surface area contributed by atoms with E-state index in [1.54, 1.807) is 6.07 Å². The fraction of sp³-hybridized carbons (Fsp3) is 0.176. The molecule has 2 aromatic rings. The van der Waals surface area contributed by atoms with Gasteiger partial charge in [0.05, 0.1) is 16.8 Å². The molecule has 2 aromatic carbocycles. The van der Waals surface area contributed by atoms with E-state index in [1.165, 1.54) is 4.90 Å². The van der Waals surface area contributed by atoms with Gasteiger partial charge in [0.1, 0.15) is 0 Å². The zero-order valence-corrected chi connectivity index (χ0v) is 11.7. The molecule has 20 heavy (non-hydrogen) atoms. The van der Waals surface area contributed by atoms with Crippen LogP contribution in [0.25, 0.3) is 0 Å². The Morgan fingerprint density at radius 3 is 1.75 bits per heavy atom. The minimum atomic E-state index is -0.234. The summed E-state index contributed by atoms with van der Waals surface area (Å²) in [5, 5.41) is 0. The molecule has 1 aliphatic rings. The Morgan fingerprint density at radius 2 is 1.25 bits per heavy atom. The molecule has 1 aliphatic heterocycles. The number of aryl methyl sites for hydroxylation is 3. The average molecular weight is 265 g/mol. The third-order valence-corrected chi connectivity index (χ3v) is 3.86. The number of nitrogens with zero attached hydrogens (tertiary/aromatic N) is 1. The van der Waals surface area contributed by atoms with E-state index in [1.807, 2.05) is 51.1 Å². The molecule has 100 valence electrons. The van der Waals surface area contributed by atoms with E-state index in [-0.39, 0.29) is 11.8 Å². The van der Waals surface area contributed by atoms with E-state index in [4.69, 9.17) is 0 Å². The third-order valence-electron chi connectivity index (χ3n) is 3.86. The van der Waals surface area contributed by atoms with Gasteiger partial charge in [-0.15, -0.1) is 0 Å². The summed E-state index contributed by atoms with van der Waals surface area (Å²) in [7, 11) is 0. The van der Waals surface area contributed by atoms with Gasteiger partial charge in [-0.1, -0.05) is 18.2 Å². The van der Waals surface area contributed by atoms with E-state index in [0.29, 0.717) is 16.8 Å². The molecule has 0 unspecified atom stereocenters. The van der Waals surface area contributed by atoms with Gasteiger partial charge in [-0.3, -0.25) is 9.59 Å².